The third-order valence-electron chi connectivity index (χ3n) is 4.74. The number of aromatic nitrogens is 2. The average Bonchev–Trinajstić information content (AvgIpc) is 2.90. The number of hydrogen-bond donors (Lipinski definition) is 0. The monoisotopic (exact) mass is 348 g/mol. The Balaban J connectivity index is 1.77. The summed E-state index contributed by atoms with van der Waals surface area (Å²) in [6.45, 7) is 8.19. The number of rotatable bonds is 1. The number of aryl methyl sites for hydroxylation is 1. The molecular weight excluding hydrogens is 320 g/mol. The van der Waals surface area contributed by atoms with Gasteiger partial charge in [0.2, 0.25) is 0 Å². The Morgan fingerprint density at radius 2 is 1.72 bits per heavy atom. The van der Waals surface area contributed by atoms with Crippen molar-refractivity contribution in [1.82, 2.24) is 19.6 Å². The first-order valence-corrected chi connectivity index (χ1v) is 9.08. The molecular formula is C18H28N4O3. The Labute approximate surface area is 148 Å². The molecule has 1 aromatic rings. The summed E-state index contributed by atoms with van der Waals surface area (Å²) in [5.74, 6) is 0.0299. The maximum Gasteiger partial charge on any atom is 0.410 e. The van der Waals surface area contributed by atoms with E-state index in [0.717, 1.165) is 37.2 Å². The molecule has 3 heterocycles. The highest BCUT2D eigenvalue weighted by Gasteiger charge is 2.32. The van der Waals surface area contributed by atoms with Gasteiger partial charge in [0.25, 0.3) is 5.91 Å². The number of fused-ring (bicyclic) bond motifs is 1. The Hall–Kier alpha value is -2.05. The lowest BCUT2D eigenvalue weighted by Crippen LogP contribution is -2.41. The molecule has 2 aliphatic rings. The number of carbonyl (C=O) groups is 2. The lowest BCUT2D eigenvalue weighted by molar-refractivity contribution is 0.0219. The first-order valence-electron chi connectivity index (χ1n) is 9.08. The smallest absolute Gasteiger partial charge is 0.410 e. The van der Waals surface area contributed by atoms with Crippen molar-refractivity contribution >= 4 is 12.0 Å². The molecule has 25 heavy (non-hydrogen) atoms. The van der Waals surface area contributed by atoms with Crippen molar-refractivity contribution in [2.24, 2.45) is 7.05 Å². The van der Waals surface area contributed by atoms with E-state index in [2.05, 4.69) is 5.10 Å². The molecule has 1 fully saturated rings. The first-order chi connectivity index (χ1) is 11.8. The number of hydrogen-bond acceptors (Lipinski definition) is 4. The van der Waals surface area contributed by atoms with Crippen LogP contribution in [0.5, 0.6) is 0 Å². The summed E-state index contributed by atoms with van der Waals surface area (Å²) in [7, 11) is 1.84. The van der Waals surface area contributed by atoms with Gasteiger partial charge in [0, 0.05) is 32.2 Å². The van der Waals surface area contributed by atoms with Gasteiger partial charge in [-0.05, 0) is 46.5 Å². The van der Waals surface area contributed by atoms with Gasteiger partial charge in [0.15, 0.2) is 5.69 Å². The zero-order chi connectivity index (χ0) is 18.2. The van der Waals surface area contributed by atoms with Crippen LogP contribution in [0.2, 0.25) is 0 Å². The van der Waals surface area contributed by atoms with Crippen LogP contribution < -0.4 is 0 Å². The molecule has 3 rings (SSSR count). The largest absolute Gasteiger partial charge is 0.444 e. The normalized spacial score (nSPS) is 18.1. The number of likely N-dealkylation sites (tertiary alicyclic amines) is 1. The highest BCUT2D eigenvalue weighted by molar-refractivity contribution is 5.94. The minimum Gasteiger partial charge on any atom is -0.444 e. The van der Waals surface area contributed by atoms with Gasteiger partial charge in [0.05, 0.1) is 12.2 Å². The summed E-state index contributed by atoms with van der Waals surface area (Å²) in [4.78, 5) is 28.7. The van der Waals surface area contributed by atoms with Crippen LogP contribution >= 0.6 is 0 Å². The second-order valence-electron chi connectivity index (χ2n) is 7.90. The Kier molecular flexibility index (Phi) is 4.75. The Morgan fingerprint density at radius 3 is 2.36 bits per heavy atom. The minimum absolute atomic E-state index is 0.0299. The van der Waals surface area contributed by atoms with E-state index >= 15 is 0 Å². The molecule has 138 valence electrons. The average molecular weight is 348 g/mol. The molecule has 0 atom stereocenters. The van der Waals surface area contributed by atoms with Gasteiger partial charge < -0.3 is 14.5 Å². The summed E-state index contributed by atoms with van der Waals surface area (Å²) >= 11 is 0. The Morgan fingerprint density at radius 1 is 1.04 bits per heavy atom. The topological polar surface area (TPSA) is 67.7 Å². The van der Waals surface area contributed by atoms with Crippen molar-refractivity contribution in [2.45, 2.75) is 58.6 Å². The molecule has 0 unspecified atom stereocenters. The fourth-order valence-electron chi connectivity index (χ4n) is 3.47. The highest BCUT2D eigenvalue weighted by Crippen LogP contribution is 2.25. The quantitative estimate of drug-likeness (QED) is 0.781. The predicted molar refractivity (Wildman–Crippen MR) is 93.3 cm³/mol. The SMILES string of the molecule is Cn1nc(C(=O)N2CCCCC2)c2c1CN(C(=O)OC(C)(C)C)CC2. The fourth-order valence-corrected chi connectivity index (χ4v) is 3.47. The molecule has 0 aromatic carbocycles. The fraction of sp³-hybridized carbons (Fsp3) is 0.722. The van der Waals surface area contributed by atoms with Crippen LogP contribution in [0.4, 0.5) is 4.79 Å². The third-order valence-corrected chi connectivity index (χ3v) is 4.74. The van der Waals surface area contributed by atoms with Crippen LogP contribution in [-0.2, 0) is 24.8 Å². The molecule has 7 heteroatoms. The van der Waals surface area contributed by atoms with Crippen LogP contribution in [0, 0.1) is 0 Å². The summed E-state index contributed by atoms with van der Waals surface area (Å²) in [5.41, 5.74) is 1.96. The first kappa shape index (κ1) is 17.8. The maximum absolute atomic E-state index is 12.8. The molecule has 7 nitrogen and oxygen atoms in total. The number of nitrogens with zero attached hydrogens (tertiary/aromatic N) is 4. The van der Waals surface area contributed by atoms with Gasteiger partial charge in [-0.3, -0.25) is 9.48 Å². The van der Waals surface area contributed by atoms with Crippen molar-refractivity contribution in [3.63, 3.8) is 0 Å². The van der Waals surface area contributed by atoms with E-state index in [1.165, 1.54) is 6.42 Å². The van der Waals surface area contributed by atoms with Crippen molar-refractivity contribution < 1.29 is 14.3 Å². The molecule has 2 amide bonds. The summed E-state index contributed by atoms with van der Waals surface area (Å²) in [5, 5.41) is 4.48. The van der Waals surface area contributed by atoms with Crippen LogP contribution in [0.3, 0.4) is 0 Å². The molecule has 0 N–H and O–H groups in total. The molecule has 0 radical (unpaired) electrons. The van der Waals surface area contributed by atoms with Crippen molar-refractivity contribution in [2.75, 3.05) is 19.6 Å². The molecule has 2 aliphatic heterocycles. The van der Waals surface area contributed by atoms with E-state index in [0.29, 0.717) is 25.2 Å². The van der Waals surface area contributed by atoms with Gasteiger partial charge in [-0.1, -0.05) is 0 Å². The van der Waals surface area contributed by atoms with E-state index in [9.17, 15) is 9.59 Å². The zero-order valence-corrected chi connectivity index (χ0v) is 15.7. The molecule has 0 spiro atoms. The third kappa shape index (κ3) is 3.80. The standard InChI is InChI=1S/C18H28N4O3/c1-18(2,3)25-17(24)22-11-8-13-14(12-22)20(4)19-15(13)16(23)21-9-6-5-7-10-21/h5-12H2,1-4H3. The summed E-state index contributed by atoms with van der Waals surface area (Å²) in [6, 6.07) is 0. The second-order valence-corrected chi connectivity index (χ2v) is 7.90. The molecule has 0 aliphatic carbocycles. The predicted octanol–water partition coefficient (Wildman–Crippen LogP) is 2.34. The van der Waals surface area contributed by atoms with Crippen LogP contribution in [0.25, 0.3) is 0 Å². The lowest BCUT2D eigenvalue weighted by Gasteiger charge is -2.30. The van der Waals surface area contributed by atoms with Crippen molar-refractivity contribution in [3.8, 4) is 0 Å². The van der Waals surface area contributed by atoms with E-state index in [-0.39, 0.29) is 12.0 Å². The van der Waals surface area contributed by atoms with Crippen LogP contribution in [0.15, 0.2) is 0 Å². The molecule has 1 aromatic heterocycles. The minimum atomic E-state index is -0.515. The van der Waals surface area contributed by atoms with Gasteiger partial charge >= 0.3 is 6.09 Å². The van der Waals surface area contributed by atoms with E-state index in [1.807, 2.05) is 32.7 Å². The number of amides is 2. The zero-order valence-electron chi connectivity index (χ0n) is 15.7. The van der Waals surface area contributed by atoms with Crippen LogP contribution in [0.1, 0.15) is 61.8 Å². The lowest BCUT2D eigenvalue weighted by atomic mass is 10.0. The van der Waals surface area contributed by atoms with Crippen LogP contribution in [-0.4, -0.2) is 56.8 Å². The Bertz CT molecular complexity index is 669. The van der Waals surface area contributed by atoms with Crippen molar-refractivity contribution in [3.05, 3.63) is 17.0 Å². The number of carbonyl (C=O) groups excluding carboxylic acids is 2. The molecule has 1 saturated heterocycles. The molecule has 0 saturated carbocycles. The van der Waals surface area contributed by atoms with E-state index < -0.39 is 5.60 Å². The van der Waals surface area contributed by atoms with Gasteiger partial charge in [-0.15, -0.1) is 0 Å². The van der Waals surface area contributed by atoms with Gasteiger partial charge in [0.1, 0.15) is 5.60 Å². The summed E-state index contributed by atoms with van der Waals surface area (Å²) < 4.78 is 7.20. The van der Waals surface area contributed by atoms with Crippen molar-refractivity contribution in [1.29, 1.82) is 0 Å². The highest BCUT2D eigenvalue weighted by atomic mass is 16.6. The van der Waals surface area contributed by atoms with E-state index in [4.69, 9.17) is 4.74 Å². The maximum atomic E-state index is 12.8. The van der Waals surface area contributed by atoms with E-state index in [1.54, 1.807) is 9.58 Å². The summed E-state index contributed by atoms with van der Waals surface area (Å²) in [6.07, 6.45) is 3.63. The van der Waals surface area contributed by atoms with Gasteiger partial charge in [-0.2, -0.15) is 5.10 Å². The number of ether oxygens (including phenoxy) is 1. The second kappa shape index (κ2) is 6.69. The number of piperidine rings is 1. The molecule has 0 bridgehead atoms. The van der Waals surface area contributed by atoms with Gasteiger partial charge in [-0.25, -0.2) is 4.79 Å².